The molecule has 5 nitrogen and oxygen atoms in total. The standard InChI is InChI=1S/C23H29NO4Si/c1-5-29(6-2,7-3)28-21-20(17-11-9-8-10-12-17)24(23(21)26)22(25)18-13-15-19(27-4)16-14-18/h8-16,20-21H,5-7H2,1-4H3/t20-,21+/m1/s1. The molecule has 0 aliphatic carbocycles. The van der Waals surface area contributed by atoms with E-state index in [4.69, 9.17) is 9.16 Å². The van der Waals surface area contributed by atoms with Gasteiger partial charge < -0.3 is 9.16 Å². The average Bonchev–Trinajstić information content (AvgIpc) is 2.78. The van der Waals surface area contributed by atoms with Gasteiger partial charge in [0.2, 0.25) is 0 Å². The van der Waals surface area contributed by atoms with Crippen molar-refractivity contribution in [3.05, 3.63) is 65.7 Å². The zero-order valence-electron chi connectivity index (χ0n) is 17.6. The Kier molecular flexibility index (Phi) is 6.55. The lowest BCUT2D eigenvalue weighted by molar-refractivity contribution is -0.158. The highest BCUT2D eigenvalue weighted by Gasteiger charge is 2.54. The molecular weight excluding hydrogens is 382 g/mol. The van der Waals surface area contributed by atoms with Crippen LogP contribution in [0.3, 0.4) is 0 Å². The molecular formula is C23H29NO4Si. The fourth-order valence-corrected chi connectivity index (χ4v) is 6.69. The number of likely N-dealkylation sites (tertiary alicyclic amines) is 1. The zero-order chi connectivity index (χ0) is 21.0. The number of amides is 2. The summed E-state index contributed by atoms with van der Waals surface area (Å²) in [5.41, 5.74) is 1.38. The Hall–Kier alpha value is -2.44. The van der Waals surface area contributed by atoms with E-state index in [-0.39, 0.29) is 11.8 Å². The number of ether oxygens (including phenoxy) is 1. The molecule has 0 aromatic heterocycles. The van der Waals surface area contributed by atoms with Crippen LogP contribution in [0.15, 0.2) is 54.6 Å². The lowest BCUT2D eigenvalue weighted by Gasteiger charge is -2.48. The first-order valence-electron chi connectivity index (χ1n) is 10.2. The van der Waals surface area contributed by atoms with Gasteiger partial charge in [0, 0.05) is 5.56 Å². The van der Waals surface area contributed by atoms with E-state index in [0.29, 0.717) is 11.3 Å². The van der Waals surface area contributed by atoms with Crippen molar-refractivity contribution in [1.29, 1.82) is 0 Å². The minimum absolute atomic E-state index is 0.244. The van der Waals surface area contributed by atoms with Crippen molar-refractivity contribution >= 4 is 20.1 Å². The van der Waals surface area contributed by atoms with Gasteiger partial charge in [0.1, 0.15) is 5.75 Å². The minimum atomic E-state index is -2.00. The number of nitrogens with zero attached hydrogens (tertiary/aromatic N) is 1. The van der Waals surface area contributed by atoms with E-state index >= 15 is 0 Å². The lowest BCUT2D eigenvalue weighted by atomic mass is 9.90. The summed E-state index contributed by atoms with van der Waals surface area (Å²) in [5, 5.41) is 0. The summed E-state index contributed by atoms with van der Waals surface area (Å²) in [4.78, 5) is 27.6. The summed E-state index contributed by atoms with van der Waals surface area (Å²) >= 11 is 0. The number of carbonyl (C=O) groups is 2. The first kappa shape index (κ1) is 21.3. The van der Waals surface area contributed by atoms with Gasteiger partial charge in [0.05, 0.1) is 13.2 Å². The van der Waals surface area contributed by atoms with E-state index in [9.17, 15) is 9.59 Å². The molecule has 6 heteroatoms. The number of imide groups is 1. The van der Waals surface area contributed by atoms with Gasteiger partial charge in [0.25, 0.3) is 11.8 Å². The van der Waals surface area contributed by atoms with Gasteiger partial charge in [-0.15, -0.1) is 0 Å². The third-order valence-corrected chi connectivity index (χ3v) is 10.7. The Morgan fingerprint density at radius 2 is 1.55 bits per heavy atom. The first-order valence-corrected chi connectivity index (χ1v) is 12.8. The van der Waals surface area contributed by atoms with Crippen LogP contribution < -0.4 is 4.74 Å². The molecule has 1 heterocycles. The van der Waals surface area contributed by atoms with Crippen molar-refractivity contribution in [2.24, 2.45) is 0 Å². The monoisotopic (exact) mass is 411 g/mol. The van der Waals surface area contributed by atoms with Gasteiger partial charge in [-0.05, 0) is 48.0 Å². The Labute approximate surface area is 173 Å². The van der Waals surface area contributed by atoms with Crippen molar-refractivity contribution in [2.75, 3.05) is 7.11 Å². The summed E-state index contributed by atoms with van der Waals surface area (Å²) in [5.74, 6) is 0.122. The zero-order valence-corrected chi connectivity index (χ0v) is 18.6. The first-order chi connectivity index (χ1) is 14.0. The number of benzene rings is 2. The molecule has 0 radical (unpaired) electrons. The van der Waals surface area contributed by atoms with E-state index in [0.717, 1.165) is 23.7 Å². The van der Waals surface area contributed by atoms with Crippen LogP contribution in [0.5, 0.6) is 5.75 Å². The molecule has 154 valence electrons. The van der Waals surface area contributed by atoms with Crippen LogP contribution in [0, 0.1) is 0 Å². The van der Waals surface area contributed by atoms with E-state index < -0.39 is 20.5 Å². The van der Waals surface area contributed by atoms with Crippen molar-refractivity contribution in [3.63, 3.8) is 0 Å². The van der Waals surface area contributed by atoms with E-state index in [2.05, 4.69) is 20.8 Å². The predicted octanol–water partition coefficient (Wildman–Crippen LogP) is 4.81. The molecule has 1 aliphatic heterocycles. The fraction of sp³-hybridized carbons (Fsp3) is 0.391. The Morgan fingerprint density at radius 3 is 2.07 bits per heavy atom. The summed E-state index contributed by atoms with van der Waals surface area (Å²) in [6.45, 7) is 6.42. The van der Waals surface area contributed by atoms with Gasteiger partial charge in [-0.25, -0.2) is 0 Å². The third-order valence-electron chi connectivity index (χ3n) is 6.05. The van der Waals surface area contributed by atoms with Gasteiger partial charge in [-0.1, -0.05) is 51.1 Å². The van der Waals surface area contributed by atoms with Gasteiger partial charge in [0.15, 0.2) is 14.4 Å². The van der Waals surface area contributed by atoms with Gasteiger partial charge in [-0.2, -0.15) is 0 Å². The number of methoxy groups -OCH3 is 1. The van der Waals surface area contributed by atoms with E-state index in [1.165, 1.54) is 4.90 Å². The molecule has 2 atom stereocenters. The minimum Gasteiger partial charge on any atom is -0.497 e. The molecule has 1 saturated heterocycles. The van der Waals surface area contributed by atoms with Gasteiger partial charge >= 0.3 is 0 Å². The van der Waals surface area contributed by atoms with Crippen LogP contribution in [-0.4, -0.2) is 38.2 Å². The highest BCUT2D eigenvalue weighted by molar-refractivity contribution is 6.73. The van der Waals surface area contributed by atoms with Crippen LogP contribution in [0.4, 0.5) is 0 Å². The third kappa shape index (κ3) is 4.00. The second kappa shape index (κ2) is 8.92. The molecule has 0 N–H and O–H groups in total. The molecule has 1 aliphatic rings. The van der Waals surface area contributed by atoms with Crippen LogP contribution in [0.2, 0.25) is 18.1 Å². The fourth-order valence-electron chi connectivity index (χ4n) is 3.92. The number of carbonyl (C=O) groups excluding carboxylic acids is 2. The highest BCUT2D eigenvalue weighted by Crippen LogP contribution is 2.41. The van der Waals surface area contributed by atoms with Gasteiger partial charge in [-0.3, -0.25) is 14.5 Å². The van der Waals surface area contributed by atoms with Crippen LogP contribution >= 0.6 is 0 Å². The SMILES string of the molecule is CC[Si](CC)(CC)O[C@@H]1C(=O)N(C(=O)c2ccc(OC)cc2)[C@@H]1c1ccccc1. The van der Waals surface area contributed by atoms with Crippen molar-refractivity contribution < 1.29 is 18.8 Å². The molecule has 0 unspecified atom stereocenters. The van der Waals surface area contributed by atoms with Crippen molar-refractivity contribution in [2.45, 2.75) is 51.0 Å². The van der Waals surface area contributed by atoms with Crippen LogP contribution in [0.1, 0.15) is 42.7 Å². The Bertz CT molecular complexity index is 841. The molecule has 2 aromatic rings. The topological polar surface area (TPSA) is 55.8 Å². The molecule has 29 heavy (non-hydrogen) atoms. The lowest BCUT2D eigenvalue weighted by Crippen LogP contribution is -2.64. The maximum atomic E-state index is 13.2. The highest BCUT2D eigenvalue weighted by atomic mass is 28.4. The predicted molar refractivity (Wildman–Crippen MR) is 115 cm³/mol. The van der Waals surface area contributed by atoms with Crippen molar-refractivity contribution in [3.8, 4) is 5.75 Å². The van der Waals surface area contributed by atoms with Crippen LogP contribution in [-0.2, 0) is 9.22 Å². The Balaban J connectivity index is 1.92. The second-order valence-electron chi connectivity index (χ2n) is 7.38. The number of β-lactam (4-membered cyclic amide) rings is 1. The van der Waals surface area contributed by atoms with E-state index in [1.54, 1.807) is 31.4 Å². The number of hydrogen-bond donors (Lipinski definition) is 0. The quantitative estimate of drug-likeness (QED) is 0.355. The molecule has 3 rings (SSSR count). The smallest absolute Gasteiger partial charge is 0.261 e. The van der Waals surface area contributed by atoms with Crippen LogP contribution in [0.25, 0.3) is 0 Å². The summed E-state index contributed by atoms with van der Waals surface area (Å²) in [6.07, 6.45) is -0.592. The largest absolute Gasteiger partial charge is 0.497 e. The second-order valence-corrected chi connectivity index (χ2v) is 12.1. The summed E-state index contributed by atoms with van der Waals surface area (Å²) < 4.78 is 11.7. The average molecular weight is 412 g/mol. The molecule has 2 aromatic carbocycles. The maximum absolute atomic E-state index is 13.2. The van der Waals surface area contributed by atoms with Crippen molar-refractivity contribution in [1.82, 2.24) is 4.90 Å². The number of rotatable bonds is 8. The molecule has 0 spiro atoms. The molecule has 2 amide bonds. The molecule has 0 saturated carbocycles. The molecule has 0 bridgehead atoms. The summed E-state index contributed by atoms with van der Waals surface area (Å²) in [6, 6.07) is 19.0. The number of hydrogen-bond acceptors (Lipinski definition) is 4. The Morgan fingerprint density at radius 1 is 0.966 bits per heavy atom. The summed E-state index contributed by atoms with van der Waals surface area (Å²) in [7, 11) is -0.420. The molecule has 1 fully saturated rings. The van der Waals surface area contributed by atoms with E-state index in [1.807, 2.05) is 30.3 Å². The maximum Gasteiger partial charge on any atom is 0.261 e. The normalized spacial score (nSPS) is 19.0.